The summed E-state index contributed by atoms with van der Waals surface area (Å²) in [6.07, 6.45) is 3.02. The largest absolute Gasteiger partial charge is 0.316 e. The second-order valence-corrected chi connectivity index (χ2v) is 5.61. The summed E-state index contributed by atoms with van der Waals surface area (Å²) in [7, 11) is 0. The van der Waals surface area contributed by atoms with Crippen LogP contribution in [0.3, 0.4) is 0 Å². The van der Waals surface area contributed by atoms with E-state index in [4.69, 9.17) is 0 Å². The summed E-state index contributed by atoms with van der Waals surface area (Å²) < 4.78 is 2.10. The van der Waals surface area contributed by atoms with E-state index >= 15 is 0 Å². The van der Waals surface area contributed by atoms with Gasteiger partial charge in [0.05, 0.1) is 17.0 Å². The molecule has 22 heavy (non-hydrogen) atoms. The minimum absolute atomic E-state index is 0. The highest BCUT2D eigenvalue weighted by molar-refractivity contribution is 5.93. The van der Waals surface area contributed by atoms with Crippen LogP contribution in [0.25, 0.3) is 11.0 Å². The van der Waals surface area contributed by atoms with Crippen LogP contribution in [0.4, 0.5) is 5.95 Å². The Bertz CT molecular complexity index is 634. The fourth-order valence-electron chi connectivity index (χ4n) is 2.91. The molecule has 2 heterocycles. The van der Waals surface area contributed by atoms with Crippen LogP contribution in [-0.2, 0) is 11.3 Å². The second-order valence-electron chi connectivity index (χ2n) is 5.61. The number of imidazole rings is 1. The third-order valence-corrected chi connectivity index (χ3v) is 4.00. The van der Waals surface area contributed by atoms with Crippen LogP contribution in [0.5, 0.6) is 0 Å². The number of benzene rings is 1. The van der Waals surface area contributed by atoms with Gasteiger partial charge in [-0.2, -0.15) is 0 Å². The molecule has 1 aromatic heterocycles. The number of rotatable bonds is 4. The fourth-order valence-corrected chi connectivity index (χ4v) is 2.91. The predicted octanol–water partition coefficient (Wildman–Crippen LogP) is 2.81. The number of anilines is 1. The number of carbonyl (C=O) groups excluding carboxylic acids is 1. The molecule has 6 heteroatoms. The van der Waals surface area contributed by atoms with Gasteiger partial charge in [-0.05, 0) is 37.9 Å². The molecule has 0 radical (unpaired) electrons. The highest BCUT2D eigenvalue weighted by atomic mass is 35.5. The molecule has 0 saturated carbocycles. The SMILES string of the molecule is CCCn1c(NC(=O)C2CCCNC2)nc2ccccc21.Cl. The average Bonchev–Trinajstić information content (AvgIpc) is 2.86. The van der Waals surface area contributed by atoms with Crippen LogP contribution in [0.1, 0.15) is 26.2 Å². The van der Waals surface area contributed by atoms with Crippen LogP contribution in [0.2, 0.25) is 0 Å². The summed E-state index contributed by atoms with van der Waals surface area (Å²) in [4.78, 5) is 17.0. The molecule has 1 fully saturated rings. The van der Waals surface area contributed by atoms with Crippen molar-refractivity contribution in [2.24, 2.45) is 5.92 Å². The zero-order valence-electron chi connectivity index (χ0n) is 12.8. The number of amides is 1. The number of hydrogen-bond acceptors (Lipinski definition) is 3. The summed E-state index contributed by atoms with van der Waals surface area (Å²) >= 11 is 0. The lowest BCUT2D eigenvalue weighted by Gasteiger charge is -2.21. The lowest BCUT2D eigenvalue weighted by molar-refractivity contribution is -0.120. The maximum absolute atomic E-state index is 12.4. The van der Waals surface area contributed by atoms with Crippen molar-refractivity contribution >= 4 is 35.3 Å². The Morgan fingerprint density at radius 1 is 1.45 bits per heavy atom. The van der Waals surface area contributed by atoms with Gasteiger partial charge in [0.1, 0.15) is 0 Å². The Kier molecular flexibility index (Phi) is 5.80. The Morgan fingerprint density at radius 3 is 3.00 bits per heavy atom. The number of carbonyl (C=O) groups is 1. The molecule has 1 aromatic carbocycles. The summed E-state index contributed by atoms with van der Waals surface area (Å²) in [5.74, 6) is 0.803. The van der Waals surface area contributed by atoms with Gasteiger partial charge in [0, 0.05) is 13.1 Å². The Balaban J connectivity index is 0.00000176. The van der Waals surface area contributed by atoms with Gasteiger partial charge < -0.3 is 9.88 Å². The number of hydrogen-bond donors (Lipinski definition) is 2. The summed E-state index contributed by atoms with van der Waals surface area (Å²) in [5.41, 5.74) is 2.01. The smallest absolute Gasteiger partial charge is 0.231 e. The van der Waals surface area contributed by atoms with E-state index < -0.39 is 0 Å². The van der Waals surface area contributed by atoms with Crippen molar-refractivity contribution in [2.45, 2.75) is 32.7 Å². The molecular weight excluding hydrogens is 300 g/mol. The number of aryl methyl sites for hydroxylation is 1. The van der Waals surface area contributed by atoms with Gasteiger partial charge >= 0.3 is 0 Å². The van der Waals surface area contributed by atoms with Crippen molar-refractivity contribution in [3.63, 3.8) is 0 Å². The number of nitrogens with zero attached hydrogens (tertiary/aromatic N) is 2. The first-order chi connectivity index (χ1) is 10.3. The topological polar surface area (TPSA) is 59.0 Å². The lowest BCUT2D eigenvalue weighted by atomic mass is 9.99. The third kappa shape index (κ3) is 3.42. The third-order valence-electron chi connectivity index (χ3n) is 4.00. The molecule has 5 nitrogen and oxygen atoms in total. The number of fused-ring (bicyclic) bond motifs is 1. The number of para-hydroxylation sites is 2. The van der Waals surface area contributed by atoms with E-state index in [1.807, 2.05) is 18.2 Å². The molecule has 1 unspecified atom stereocenters. The molecule has 1 saturated heterocycles. The minimum atomic E-state index is 0. The van der Waals surface area contributed by atoms with Crippen LogP contribution >= 0.6 is 12.4 Å². The van der Waals surface area contributed by atoms with Gasteiger partial charge in [0.25, 0.3) is 0 Å². The van der Waals surface area contributed by atoms with E-state index in [9.17, 15) is 4.79 Å². The monoisotopic (exact) mass is 322 g/mol. The molecule has 2 aromatic rings. The molecule has 1 amide bonds. The second kappa shape index (κ2) is 7.61. The van der Waals surface area contributed by atoms with E-state index in [-0.39, 0.29) is 24.2 Å². The van der Waals surface area contributed by atoms with Gasteiger partial charge in [-0.1, -0.05) is 19.1 Å². The molecule has 1 aliphatic heterocycles. The molecule has 120 valence electrons. The first kappa shape index (κ1) is 16.8. The van der Waals surface area contributed by atoms with Crippen molar-refractivity contribution in [3.05, 3.63) is 24.3 Å². The van der Waals surface area contributed by atoms with Crippen LogP contribution in [-0.4, -0.2) is 28.5 Å². The molecule has 0 aliphatic carbocycles. The van der Waals surface area contributed by atoms with E-state index in [0.717, 1.165) is 49.9 Å². The Labute approximate surface area is 136 Å². The molecular formula is C16H23ClN4O. The average molecular weight is 323 g/mol. The van der Waals surface area contributed by atoms with E-state index in [1.54, 1.807) is 0 Å². The highest BCUT2D eigenvalue weighted by Gasteiger charge is 2.22. The quantitative estimate of drug-likeness (QED) is 0.910. The first-order valence-corrected chi connectivity index (χ1v) is 7.76. The van der Waals surface area contributed by atoms with Crippen LogP contribution < -0.4 is 10.6 Å². The summed E-state index contributed by atoms with van der Waals surface area (Å²) in [5, 5.41) is 6.31. The van der Waals surface area contributed by atoms with Gasteiger partial charge in [0.15, 0.2) is 0 Å². The van der Waals surface area contributed by atoms with Crippen molar-refractivity contribution in [1.82, 2.24) is 14.9 Å². The number of piperidine rings is 1. The Morgan fingerprint density at radius 2 is 2.27 bits per heavy atom. The van der Waals surface area contributed by atoms with E-state index in [0.29, 0.717) is 5.95 Å². The maximum atomic E-state index is 12.4. The number of halogens is 1. The summed E-state index contributed by atoms with van der Waals surface area (Å²) in [6.45, 7) is 4.77. The van der Waals surface area contributed by atoms with Gasteiger partial charge in [0.2, 0.25) is 11.9 Å². The predicted molar refractivity (Wildman–Crippen MR) is 91.5 cm³/mol. The normalized spacial score (nSPS) is 18.0. The zero-order chi connectivity index (χ0) is 14.7. The minimum Gasteiger partial charge on any atom is -0.316 e. The molecule has 0 bridgehead atoms. The number of aromatic nitrogens is 2. The lowest BCUT2D eigenvalue weighted by Crippen LogP contribution is -2.37. The maximum Gasteiger partial charge on any atom is 0.231 e. The van der Waals surface area contributed by atoms with Gasteiger partial charge in [-0.3, -0.25) is 10.1 Å². The van der Waals surface area contributed by atoms with Crippen molar-refractivity contribution in [2.75, 3.05) is 18.4 Å². The van der Waals surface area contributed by atoms with E-state index in [1.165, 1.54) is 0 Å². The van der Waals surface area contributed by atoms with Crippen molar-refractivity contribution < 1.29 is 4.79 Å². The first-order valence-electron chi connectivity index (χ1n) is 7.76. The fraction of sp³-hybridized carbons (Fsp3) is 0.500. The zero-order valence-corrected chi connectivity index (χ0v) is 13.7. The van der Waals surface area contributed by atoms with Gasteiger partial charge in [-0.15, -0.1) is 12.4 Å². The van der Waals surface area contributed by atoms with Crippen LogP contribution in [0, 0.1) is 5.92 Å². The van der Waals surface area contributed by atoms with Crippen molar-refractivity contribution in [1.29, 1.82) is 0 Å². The van der Waals surface area contributed by atoms with Gasteiger partial charge in [-0.25, -0.2) is 4.98 Å². The van der Waals surface area contributed by atoms with E-state index in [2.05, 4.69) is 33.2 Å². The van der Waals surface area contributed by atoms with Crippen molar-refractivity contribution in [3.8, 4) is 0 Å². The molecule has 0 spiro atoms. The molecule has 1 atom stereocenters. The summed E-state index contributed by atoms with van der Waals surface area (Å²) in [6, 6.07) is 8.02. The Hall–Kier alpha value is -1.59. The molecule has 1 aliphatic rings. The highest BCUT2D eigenvalue weighted by Crippen LogP contribution is 2.21. The number of nitrogens with one attached hydrogen (secondary N) is 2. The molecule has 2 N–H and O–H groups in total. The molecule has 3 rings (SSSR count). The van der Waals surface area contributed by atoms with Crippen LogP contribution in [0.15, 0.2) is 24.3 Å². The standard InChI is InChI=1S/C16H22N4O.ClH/c1-2-10-20-14-8-4-3-7-13(14)18-16(20)19-15(21)12-6-5-9-17-11-12;/h3-4,7-8,12,17H,2,5-6,9-11H2,1H3,(H,18,19,21);1H.